The van der Waals surface area contributed by atoms with Crippen LogP contribution in [0.4, 0.5) is 17.1 Å². The van der Waals surface area contributed by atoms with Crippen molar-refractivity contribution in [1.82, 2.24) is 9.88 Å². The molecule has 5 rings (SSSR count). The van der Waals surface area contributed by atoms with Crippen molar-refractivity contribution in [3.05, 3.63) is 95.8 Å². The number of hydrogen-bond donors (Lipinski definition) is 0. The summed E-state index contributed by atoms with van der Waals surface area (Å²) in [6, 6.07) is 22.3. The first-order valence-electron chi connectivity index (χ1n) is 11.7. The molecule has 3 aromatic carbocycles. The second-order valence-electron chi connectivity index (χ2n) is 8.27. The molecule has 0 aliphatic carbocycles. The van der Waals surface area contributed by atoms with Gasteiger partial charge in [-0.3, -0.25) is 19.5 Å². The minimum absolute atomic E-state index is 0.124. The van der Waals surface area contributed by atoms with Crippen LogP contribution in [0.3, 0.4) is 0 Å². The predicted molar refractivity (Wildman–Crippen MR) is 137 cm³/mol. The number of pyridine rings is 1. The molecule has 2 heterocycles. The number of hydrogen-bond acceptors (Lipinski definition) is 6. The summed E-state index contributed by atoms with van der Waals surface area (Å²) in [5.41, 5.74) is 4.10. The molecule has 0 atom stereocenters. The molecule has 7 nitrogen and oxygen atoms in total. The number of azo groups is 1. The molecule has 0 spiro atoms. The Hall–Kier alpha value is -4.39. The van der Waals surface area contributed by atoms with E-state index < -0.39 is 0 Å². The number of imide groups is 1. The first-order valence-corrected chi connectivity index (χ1v) is 11.7. The van der Waals surface area contributed by atoms with Crippen LogP contribution in [0, 0.1) is 0 Å². The van der Waals surface area contributed by atoms with Gasteiger partial charge < -0.3 is 4.90 Å². The average Bonchev–Trinajstić information content (AvgIpc) is 2.90. The van der Waals surface area contributed by atoms with Gasteiger partial charge in [-0.2, -0.15) is 5.11 Å². The molecular formula is C28H25N5O2. The Labute approximate surface area is 203 Å². The highest BCUT2D eigenvalue weighted by Gasteiger charge is 2.33. The molecular weight excluding hydrogens is 438 g/mol. The van der Waals surface area contributed by atoms with Gasteiger partial charge in [0.25, 0.3) is 11.8 Å². The molecule has 1 aliphatic rings. The Balaban J connectivity index is 1.47. The van der Waals surface area contributed by atoms with Gasteiger partial charge in [0.1, 0.15) is 0 Å². The second-order valence-corrected chi connectivity index (χ2v) is 8.27. The minimum atomic E-state index is -0.333. The van der Waals surface area contributed by atoms with E-state index in [-0.39, 0.29) is 18.4 Å². The van der Waals surface area contributed by atoms with E-state index >= 15 is 0 Å². The highest BCUT2D eigenvalue weighted by molar-refractivity contribution is 6.26. The van der Waals surface area contributed by atoms with E-state index in [1.165, 1.54) is 4.90 Å². The fourth-order valence-electron chi connectivity index (χ4n) is 4.45. The number of anilines is 1. The van der Waals surface area contributed by atoms with Crippen molar-refractivity contribution in [2.75, 3.05) is 18.0 Å². The molecule has 0 saturated heterocycles. The van der Waals surface area contributed by atoms with E-state index in [9.17, 15) is 9.59 Å². The molecule has 0 radical (unpaired) electrons. The highest BCUT2D eigenvalue weighted by atomic mass is 16.2. The lowest BCUT2D eigenvalue weighted by molar-refractivity contribution is 0.0596. The molecule has 4 aromatic rings. The normalized spacial score (nSPS) is 13.1. The number of benzene rings is 3. The summed E-state index contributed by atoms with van der Waals surface area (Å²) >= 11 is 0. The molecule has 0 fully saturated rings. The van der Waals surface area contributed by atoms with E-state index in [0.29, 0.717) is 27.9 Å². The number of carbonyl (C=O) groups excluding carboxylic acids is 2. The number of aromatic nitrogens is 1. The third kappa shape index (κ3) is 4.17. The van der Waals surface area contributed by atoms with Crippen molar-refractivity contribution >= 4 is 39.6 Å². The predicted octanol–water partition coefficient (Wildman–Crippen LogP) is 6.29. The van der Waals surface area contributed by atoms with Crippen molar-refractivity contribution in [2.24, 2.45) is 10.2 Å². The van der Waals surface area contributed by atoms with E-state index in [0.717, 1.165) is 29.9 Å². The van der Waals surface area contributed by atoms with Crippen molar-refractivity contribution in [3.8, 4) is 0 Å². The molecule has 2 amide bonds. The molecule has 174 valence electrons. The zero-order chi connectivity index (χ0) is 24.4. The van der Waals surface area contributed by atoms with E-state index in [1.807, 2.05) is 42.5 Å². The lowest BCUT2D eigenvalue weighted by Crippen LogP contribution is -2.39. The summed E-state index contributed by atoms with van der Waals surface area (Å²) in [4.78, 5) is 34.3. The summed E-state index contributed by atoms with van der Waals surface area (Å²) < 4.78 is 0. The number of amides is 2. The SMILES string of the molecule is CCN(CC)c1ccc(N=Nc2ccc3c4c(cccc24)C(=O)N(Cc2ccccn2)C3=O)cc1. The number of carbonyl (C=O) groups is 2. The van der Waals surface area contributed by atoms with Crippen molar-refractivity contribution in [1.29, 1.82) is 0 Å². The van der Waals surface area contributed by atoms with Crippen LogP contribution in [0.15, 0.2) is 89.2 Å². The maximum atomic E-state index is 13.3. The zero-order valence-electron chi connectivity index (χ0n) is 19.7. The summed E-state index contributed by atoms with van der Waals surface area (Å²) in [7, 11) is 0. The van der Waals surface area contributed by atoms with Gasteiger partial charge in [-0.05, 0) is 68.4 Å². The fraction of sp³-hybridized carbons (Fsp3) is 0.179. The minimum Gasteiger partial charge on any atom is -0.372 e. The second kappa shape index (κ2) is 9.46. The van der Waals surface area contributed by atoms with Gasteiger partial charge in [-0.1, -0.05) is 18.2 Å². The third-order valence-corrected chi connectivity index (χ3v) is 6.27. The van der Waals surface area contributed by atoms with Crippen molar-refractivity contribution in [3.63, 3.8) is 0 Å². The number of nitrogens with zero attached hydrogens (tertiary/aromatic N) is 5. The van der Waals surface area contributed by atoms with Gasteiger partial charge in [0.05, 0.1) is 23.6 Å². The molecule has 0 unspecified atom stereocenters. The Morgan fingerprint density at radius 1 is 0.800 bits per heavy atom. The standard InChI is InChI=1S/C28H25N5O2/c1-3-32(4-2)21-13-11-19(12-14-21)30-31-25-16-15-24-26-22(25)9-7-10-23(26)27(34)33(28(24)35)18-20-8-5-6-17-29-20/h5-17H,3-4,18H2,1-2H3. The topological polar surface area (TPSA) is 78.2 Å². The Bertz CT molecular complexity index is 1410. The van der Waals surface area contributed by atoms with E-state index in [2.05, 4.69) is 34.0 Å². The van der Waals surface area contributed by atoms with Gasteiger partial charge in [-0.15, -0.1) is 5.11 Å². The van der Waals surface area contributed by atoms with Gasteiger partial charge in [0.2, 0.25) is 0 Å². The summed E-state index contributed by atoms with van der Waals surface area (Å²) in [5.74, 6) is -0.667. The average molecular weight is 464 g/mol. The maximum Gasteiger partial charge on any atom is 0.261 e. The Morgan fingerprint density at radius 2 is 1.54 bits per heavy atom. The fourth-order valence-corrected chi connectivity index (χ4v) is 4.45. The molecule has 0 N–H and O–H groups in total. The lowest BCUT2D eigenvalue weighted by Gasteiger charge is -2.27. The largest absolute Gasteiger partial charge is 0.372 e. The molecule has 35 heavy (non-hydrogen) atoms. The smallest absolute Gasteiger partial charge is 0.261 e. The Kier molecular flexibility index (Phi) is 6.06. The van der Waals surface area contributed by atoms with Crippen LogP contribution in [-0.4, -0.2) is 34.8 Å². The first-order chi connectivity index (χ1) is 17.1. The molecule has 1 aromatic heterocycles. The van der Waals surface area contributed by atoms with Crippen LogP contribution in [0.5, 0.6) is 0 Å². The van der Waals surface area contributed by atoms with Crippen LogP contribution in [0.2, 0.25) is 0 Å². The maximum absolute atomic E-state index is 13.3. The van der Waals surface area contributed by atoms with E-state index in [1.54, 1.807) is 36.5 Å². The van der Waals surface area contributed by atoms with Gasteiger partial charge in [-0.25, -0.2) is 0 Å². The molecule has 0 saturated carbocycles. The molecule has 0 bridgehead atoms. The van der Waals surface area contributed by atoms with Crippen molar-refractivity contribution < 1.29 is 9.59 Å². The van der Waals surface area contributed by atoms with Gasteiger partial charge in [0.15, 0.2) is 0 Å². The van der Waals surface area contributed by atoms with Gasteiger partial charge >= 0.3 is 0 Å². The van der Waals surface area contributed by atoms with Crippen molar-refractivity contribution in [2.45, 2.75) is 20.4 Å². The monoisotopic (exact) mass is 463 g/mol. The summed E-state index contributed by atoms with van der Waals surface area (Å²) in [6.07, 6.45) is 1.65. The third-order valence-electron chi connectivity index (χ3n) is 6.27. The first kappa shape index (κ1) is 22.4. The van der Waals surface area contributed by atoms with Crippen LogP contribution in [-0.2, 0) is 6.54 Å². The highest BCUT2D eigenvalue weighted by Crippen LogP contribution is 2.36. The summed E-state index contributed by atoms with van der Waals surface area (Å²) in [5, 5.41) is 10.2. The van der Waals surface area contributed by atoms with Crippen LogP contribution in [0.25, 0.3) is 10.8 Å². The molecule has 1 aliphatic heterocycles. The summed E-state index contributed by atoms with van der Waals surface area (Å²) in [6.45, 7) is 6.26. The zero-order valence-corrected chi connectivity index (χ0v) is 19.7. The Morgan fingerprint density at radius 3 is 2.23 bits per heavy atom. The van der Waals surface area contributed by atoms with Crippen LogP contribution >= 0.6 is 0 Å². The number of rotatable bonds is 7. The quantitative estimate of drug-likeness (QED) is 0.238. The van der Waals surface area contributed by atoms with Gasteiger partial charge in [0, 0.05) is 46.9 Å². The lowest BCUT2D eigenvalue weighted by atomic mass is 9.93. The molecule has 7 heteroatoms. The van der Waals surface area contributed by atoms with Crippen LogP contribution < -0.4 is 4.90 Å². The van der Waals surface area contributed by atoms with E-state index in [4.69, 9.17) is 0 Å². The van der Waals surface area contributed by atoms with Crippen LogP contribution in [0.1, 0.15) is 40.3 Å².